The average molecular weight is 495 g/mol. The average Bonchev–Trinajstić information content (AvgIpc) is 2.83. The SMILES string of the molecule is C[C@H](Sc1nc2ccccc2c(=O)n1Cc1ccccc1)C(=O)Nc1cc([N+](=O)[O-])ccc1Cl. The van der Waals surface area contributed by atoms with E-state index < -0.39 is 16.1 Å². The van der Waals surface area contributed by atoms with Gasteiger partial charge in [0.25, 0.3) is 11.2 Å². The third-order valence-corrected chi connectivity index (χ3v) is 6.50. The number of nitrogens with zero attached hydrogens (tertiary/aromatic N) is 3. The smallest absolute Gasteiger partial charge is 0.271 e. The number of hydrogen-bond donors (Lipinski definition) is 1. The molecule has 0 saturated heterocycles. The molecule has 0 aliphatic rings. The summed E-state index contributed by atoms with van der Waals surface area (Å²) in [6.45, 7) is 1.96. The van der Waals surface area contributed by atoms with Crippen molar-refractivity contribution in [3.8, 4) is 0 Å². The highest BCUT2D eigenvalue weighted by Crippen LogP contribution is 2.29. The maximum absolute atomic E-state index is 13.3. The van der Waals surface area contributed by atoms with Gasteiger partial charge in [0.2, 0.25) is 5.91 Å². The molecule has 8 nitrogen and oxygen atoms in total. The van der Waals surface area contributed by atoms with Crippen LogP contribution in [-0.4, -0.2) is 25.6 Å². The van der Waals surface area contributed by atoms with Gasteiger partial charge in [0.1, 0.15) is 0 Å². The van der Waals surface area contributed by atoms with Crippen molar-refractivity contribution < 1.29 is 9.72 Å². The Hall–Kier alpha value is -3.69. The first kappa shape index (κ1) is 23.5. The van der Waals surface area contributed by atoms with Crippen LogP contribution in [0.5, 0.6) is 0 Å². The Labute approximate surface area is 203 Å². The molecule has 34 heavy (non-hydrogen) atoms. The second-order valence-corrected chi connectivity index (χ2v) is 9.17. The Bertz CT molecular complexity index is 1440. The summed E-state index contributed by atoms with van der Waals surface area (Å²) < 4.78 is 1.55. The summed E-state index contributed by atoms with van der Waals surface area (Å²) in [5.74, 6) is -0.430. The van der Waals surface area contributed by atoms with Crippen molar-refractivity contribution in [2.45, 2.75) is 23.9 Å². The monoisotopic (exact) mass is 494 g/mol. The van der Waals surface area contributed by atoms with E-state index in [2.05, 4.69) is 10.3 Å². The molecule has 172 valence electrons. The van der Waals surface area contributed by atoms with Gasteiger partial charge in [-0.05, 0) is 30.7 Å². The number of benzene rings is 3. The van der Waals surface area contributed by atoms with E-state index in [9.17, 15) is 19.7 Å². The van der Waals surface area contributed by atoms with Crippen LogP contribution in [0.4, 0.5) is 11.4 Å². The number of fused-ring (bicyclic) bond motifs is 1. The van der Waals surface area contributed by atoms with Crippen LogP contribution in [0.15, 0.2) is 82.7 Å². The largest absolute Gasteiger partial charge is 0.324 e. The van der Waals surface area contributed by atoms with Gasteiger partial charge in [0.15, 0.2) is 5.16 Å². The fourth-order valence-electron chi connectivity index (χ4n) is 3.31. The lowest BCUT2D eigenvalue weighted by Gasteiger charge is -2.17. The Morgan fingerprint density at radius 1 is 1.15 bits per heavy atom. The minimum Gasteiger partial charge on any atom is -0.324 e. The molecule has 1 aromatic heterocycles. The molecule has 0 fully saturated rings. The van der Waals surface area contributed by atoms with Gasteiger partial charge < -0.3 is 5.32 Å². The topological polar surface area (TPSA) is 107 Å². The molecule has 1 heterocycles. The van der Waals surface area contributed by atoms with Crippen LogP contribution in [0.1, 0.15) is 12.5 Å². The number of nitro groups is 1. The standard InChI is InChI=1S/C24H19ClN4O4S/c1-15(22(30)26-21-13-17(29(32)33)11-12-19(21)25)34-24-27-20-10-6-5-9-18(20)23(31)28(24)14-16-7-3-2-4-8-16/h2-13,15H,14H2,1H3,(H,26,30)/t15-/m0/s1. The van der Waals surface area contributed by atoms with Crippen LogP contribution in [0.3, 0.4) is 0 Å². The molecule has 0 aliphatic heterocycles. The zero-order chi connectivity index (χ0) is 24.2. The van der Waals surface area contributed by atoms with E-state index in [4.69, 9.17) is 11.6 Å². The summed E-state index contributed by atoms with van der Waals surface area (Å²) >= 11 is 7.23. The predicted molar refractivity (Wildman–Crippen MR) is 134 cm³/mol. The highest BCUT2D eigenvalue weighted by molar-refractivity contribution is 8.00. The number of aromatic nitrogens is 2. The lowest BCUT2D eigenvalue weighted by atomic mass is 10.2. The first-order valence-electron chi connectivity index (χ1n) is 10.3. The normalized spacial score (nSPS) is 11.8. The molecule has 0 aliphatic carbocycles. The van der Waals surface area contributed by atoms with E-state index in [1.54, 1.807) is 35.8 Å². The van der Waals surface area contributed by atoms with Crippen LogP contribution in [0.25, 0.3) is 10.9 Å². The fraction of sp³-hybridized carbons (Fsp3) is 0.125. The van der Waals surface area contributed by atoms with Gasteiger partial charge in [-0.3, -0.25) is 24.3 Å². The number of rotatable bonds is 7. The number of carbonyl (C=O) groups excluding carboxylic acids is 1. The van der Waals surface area contributed by atoms with Crippen LogP contribution < -0.4 is 10.9 Å². The number of thioether (sulfide) groups is 1. The summed E-state index contributed by atoms with van der Waals surface area (Å²) in [6, 6.07) is 20.4. The highest BCUT2D eigenvalue weighted by Gasteiger charge is 2.21. The molecule has 1 N–H and O–H groups in total. The number of halogens is 1. The maximum Gasteiger partial charge on any atom is 0.271 e. The number of nitrogens with one attached hydrogen (secondary N) is 1. The van der Waals surface area contributed by atoms with Crippen molar-refractivity contribution in [2.75, 3.05) is 5.32 Å². The lowest BCUT2D eigenvalue weighted by molar-refractivity contribution is -0.384. The van der Waals surface area contributed by atoms with Crippen molar-refractivity contribution in [3.63, 3.8) is 0 Å². The van der Waals surface area contributed by atoms with E-state index in [1.807, 2.05) is 30.3 Å². The van der Waals surface area contributed by atoms with Crippen LogP contribution >= 0.6 is 23.4 Å². The minimum absolute atomic E-state index is 0.140. The highest BCUT2D eigenvalue weighted by atomic mass is 35.5. The van der Waals surface area contributed by atoms with Crippen molar-refractivity contribution in [1.82, 2.24) is 9.55 Å². The minimum atomic E-state index is -0.676. The van der Waals surface area contributed by atoms with E-state index in [0.29, 0.717) is 22.6 Å². The zero-order valence-electron chi connectivity index (χ0n) is 18.0. The molecule has 0 saturated carbocycles. The Kier molecular flexibility index (Phi) is 6.95. The molecular weight excluding hydrogens is 476 g/mol. The summed E-state index contributed by atoms with van der Waals surface area (Å²) in [7, 11) is 0. The van der Waals surface area contributed by atoms with Gasteiger partial charge in [0, 0.05) is 12.1 Å². The molecule has 0 unspecified atom stereocenters. The molecule has 1 amide bonds. The first-order valence-corrected chi connectivity index (χ1v) is 11.5. The van der Waals surface area contributed by atoms with Crippen molar-refractivity contribution in [3.05, 3.63) is 104 Å². The van der Waals surface area contributed by atoms with Gasteiger partial charge in [-0.25, -0.2) is 4.98 Å². The van der Waals surface area contributed by atoms with Gasteiger partial charge in [0.05, 0.1) is 38.3 Å². The molecule has 0 bridgehead atoms. The van der Waals surface area contributed by atoms with E-state index in [0.717, 1.165) is 17.3 Å². The first-order chi connectivity index (χ1) is 16.3. The number of para-hydroxylation sites is 1. The van der Waals surface area contributed by atoms with Crippen LogP contribution in [0.2, 0.25) is 5.02 Å². The number of amides is 1. The number of hydrogen-bond acceptors (Lipinski definition) is 6. The zero-order valence-corrected chi connectivity index (χ0v) is 19.5. The second kappa shape index (κ2) is 10.1. The van der Waals surface area contributed by atoms with E-state index in [-0.39, 0.29) is 22.0 Å². The number of nitro benzene ring substituents is 1. The van der Waals surface area contributed by atoms with Gasteiger partial charge >= 0.3 is 0 Å². The number of non-ortho nitro benzene ring substituents is 1. The Morgan fingerprint density at radius 3 is 2.59 bits per heavy atom. The second-order valence-electron chi connectivity index (χ2n) is 7.46. The van der Waals surface area contributed by atoms with E-state index in [1.165, 1.54) is 18.2 Å². The summed E-state index contributed by atoms with van der Waals surface area (Å²) in [5, 5.41) is 14.1. The van der Waals surface area contributed by atoms with E-state index >= 15 is 0 Å². The van der Waals surface area contributed by atoms with Gasteiger partial charge in [-0.1, -0.05) is 65.8 Å². The summed E-state index contributed by atoms with van der Waals surface area (Å²) in [5.41, 5.74) is 1.21. The Morgan fingerprint density at radius 2 is 1.85 bits per heavy atom. The molecule has 1 atom stereocenters. The molecule has 10 heteroatoms. The maximum atomic E-state index is 13.3. The molecule has 4 rings (SSSR count). The molecule has 4 aromatic rings. The quantitative estimate of drug-likeness (QED) is 0.165. The molecule has 0 spiro atoms. The van der Waals surface area contributed by atoms with Gasteiger partial charge in [-0.2, -0.15) is 0 Å². The fourth-order valence-corrected chi connectivity index (χ4v) is 4.38. The molecule has 0 radical (unpaired) electrons. The van der Waals surface area contributed by atoms with Crippen LogP contribution in [0, 0.1) is 10.1 Å². The van der Waals surface area contributed by atoms with Gasteiger partial charge in [-0.15, -0.1) is 0 Å². The van der Waals surface area contributed by atoms with Crippen molar-refractivity contribution >= 4 is 51.5 Å². The summed E-state index contributed by atoms with van der Waals surface area (Å²) in [4.78, 5) is 41.3. The van der Waals surface area contributed by atoms with Crippen molar-refractivity contribution in [1.29, 1.82) is 0 Å². The number of carbonyl (C=O) groups is 1. The third kappa shape index (κ3) is 5.11. The Balaban J connectivity index is 1.65. The number of anilines is 1. The molecule has 3 aromatic carbocycles. The van der Waals surface area contributed by atoms with Crippen LogP contribution in [-0.2, 0) is 11.3 Å². The lowest BCUT2D eigenvalue weighted by Crippen LogP contribution is -2.27. The summed E-state index contributed by atoms with van der Waals surface area (Å²) in [6.07, 6.45) is 0. The molecular formula is C24H19ClN4O4S. The third-order valence-electron chi connectivity index (χ3n) is 5.08. The predicted octanol–water partition coefficient (Wildman–Crippen LogP) is 5.13. The van der Waals surface area contributed by atoms with Crippen molar-refractivity contribution in [2.24, 2.45) is 0 Å².